The summed E-state index contributed by atoms with van der Waals surface area (Å²) in [6.45, 7) is 2.73. The molecule has 33 heavy (non-hydrogen) atoms. The minimum absolute atomic E-state index is 0.219. The van der Waals surface area contributed by atoms with Crippen LogP contribution in [-0.4, -0.2) is 34.1 Å². The summed E-state index contributed by atoms with van der Waals surface area (Å²) in [5.74, 6) is -1.92. The first-order valence-corrected chi connectivity index (χ1v) is 11.3. The molecule has 0 unspecified atom stereocenters. The van der Waals surface area contributed by atoms with Crippen LogP contribution in [0.15, 0.2) is 48.5 Å². The topological polar surface area (TPSA) is 64.4 Å². The third kappa shape index (κ3) is 5.30. The van der Waals surface area contributed by atoms with E-state index in [9.17, 15) is 13.6 Å². The number of ether oxygens (including phenoxy) is 1. The third-order valence-corrected chi connectivity index (χ3v) is 6.37. The van der Waals surface area contributed by atoms with Gasteiger partial charge in [0.2, 0.25) is 0 Å². The van der Waals surface area contributed by atoms with Crippen molar-refractivity contribution in [1.29, 1.82) is 0 Å². The van der Waals surface area contributed by atoms with E-state index < -0.39 is 17.6 Å². The number of halogens is 2. The minimum Gasteiger partial charge on any atom is -0.480 e. The van der Waals surface area contributed by atoms with Gasteiger partial charge in [0.25, 0.3) is 0 Å². The number of aryl methyl sites for hydroxylation is 1. The maximum atomic E-state index is 14.8. The van der Waals surface area contributed by atoms with Gasteiger partial charge in [-0.1, -0.05) is 42.5 Å². The lowest BCUT2D eigenvalue weighted by Crippen LogP contribution is -2.23. The van der Waals surface area contributed by atoms with Gasteiger partial charge < -0.3 is 9.84 Å². The summed E-state index contributed by atoms with van der Waals surface area (Å²) in [5, 5.41) is 13.5. The molecule has 0 bridgehead atoms. The predicted molar refractivity (Wildman–Crippen MR) is 122 cm³/mol. The number of benzene rings is 2. The van der Waals surface area contributed by atoms with Crippen LogP contribution < -0.4 is 0 Å². The van der Waals surface area contributed by atoms with Crippen molar-refractivity contribution in [3.05, 3.63) is 65.9 Å². The Morgan fingerprint density at radius 1 is 1.06 bits per heavy atom. The summed E-state index contributed by atoms with van der Waals surface area (Å²) in [7, 11) is 0. The highest BCUT2D eigenvalue weighted by Crippen LogP contribution is 2.38. The molecule has 2 aromatic carbocycles. The molecule has 1 aliphatic carbocycles. The van der Waals surface area contributed by atoms with E-state index in [2.05, 4.69) is 0 Å². The summed E-state index contributed by atoms with van der Waals surface area (Å²) >= 11 is 0. The van der Waals surface area contributed by atoms with Crippen LogP contribution in [0.2, 0.25) is 0 Å². The summed E-state index contributed by atoms with van der Waals surface area (Å²) in [6.07, 6.45) is 3.91. The first kappa shape index (κ1) is 23.1. The van der Waals surface area contributed by atoms with E-state index in [1.54, 1.807) is 6.07 Å². The summed E-state index contributed by atoms with van der Waals surface area (Å²) < 4.78 is 36.0. The predicted octanol–water partition coefficient (Wildman–Crippen LogP) is 5.71. The number of hydrogen-bond acceptors (Lipinski definition) is 3. The maximum absolute atomic E-state index is 14.8. The first-order valence-electron chi connectivity index (χ1n) is 11.3. The van der Waals surface area contributed by atoms with Crippen LogP contribution in [0.3, 0.4) is 0 Å². The Bertz CT molecular complexity index is 1110. The second-order valence-electron chi connectivity index (χ2n) is 8.75. The monoisotopic (exact) mass is 454 g/mol. The quantitative estimate of drug-likeness (QED) is 0.473. The number of carbonyl (C=O) groups is 1. The van der Waals surface area contributed by atoms with Gasteiger partial charge in [-0.25, -0.2) is 13.6 Å². The standard InChI is InChI=1S/C26H28F2N2O3/c1-17-24(21-8-5-9-22(27)25(21)28)26(20-6-3-2-4-7-20)30(29-17)14-18-10-12-19(13-11-18)15-33-16-23(31)32/h2-9,18-19H,10-16H2,1H3,(H,31,32)/t18-,19-. The molecule has 0 radical (unpaired) electrons. The van der Waals surface area contributed by atoms with Gasteiger partial charge in [0.05, 0.1) is 18.0 Å². The number of aliphatic carboxylic acids is 1. The van der Waals surface area contributed by atoms with Crippen LogP contribution in [0, 0.1) is 30.4 Å². The zero-order valence-corrected chi connectivity index (χ0v) is 18.6. The van der Waals surface area contributed by atoms with E-state index in [1.807, 2.05) is 41.9 Å². The average Bonchev–Trinajstić information content (AvgIpc) is 3.12. The van der Waals surface area contributed by atoms with Crippen LogP contribution in [0.25, 0.3) is 22.4 Å². The molecule has 1 aliphatic rings. The molecule has 1 aromatic heterocycles. The Balaban J connectivity index is 1.58. The molecule has 4 rings (SSSR count). The lowest BCUT2D eigenvalue weighted by molar-refractivity contribution is -0.142. The van der Waals surface area contributed by atoms with Crippen molar-refractivity contribution in [1.82, 2.24) is 9.78 Å². The van der Waals surface area contributed by atoms with Gasteiger partial charge in [0.15, 0.2) is 11.6 Å². The minimum atomic E-state index is -0.947. The molecule has 0 amide bonds. The Kier molecular flexibility index (Phi) is 7.18. The second-order valence-corrected chi connectivity index (χ2v) is 8.75. The number of carboxylic acids is 1. The molecule has 7 heteroatoms. The van der Waals surface area contributed by atoms with Gasteiger partial charge >= 0.3 is 5.97 Å². The van der Waals surface area contributed by atoms with Crippen molar-refractivity contribution in [3.8, 4) is 22.4 Å². The average molecular weight is 455 g/mol. The van der Waals surface area contributed by atoms with Crippen molar-refractivity contribution in [2.24, 2.45) is 11.8 Å². The van der Waals surface area contributed by atoms with E-state index >= 15 is 0 Å². The molecule has 0 aliphatic heterocycles. The molecule has 0 atom stereocenters. The highest BCUT2D eigenvalue weighted by molar-refractivity contribution is 5.83. The van der Waals surface area contributed by atoms with Crippen molar-refractivity contribution < 1.29 is 23.4 Å². The number of hydrogen-bond donors (Lipinski definition) is 1. The highest BCUT2D eigenvalue weighted by Gasteiger charge is 2.26. The Hall–Kier alpha value is -3.06. The molecule has 1 fully saturated rings. The normalized spacial score (nSPS) is 18.4. The van der Waals surface area contributed by atoms with Gasteiger partial charge in [0, 0.05) is 23.2 Å². The first-order chi connectivity index (χ1) is 15.9. The number of aromatic nitrogens is 2. The van der Waals surface area contributed by atoms with Crippen LogP contribution in [0.4, 0.5) is 8.78 Å². The van der Waals surface area contributed by atoms with E-state index in [-0.39, 0.29) is 12.2 Å². The number of nitrogens with zero attached hydrogens (tertiary/aromatic N) is 2. The highest BCUT2D eigenvalue weighted by atomic mass is 19.2. The molecule has 174 valence electrons. The smallest absolute Gasteiger partial charge is 0.329 e. The lowest BCUT2D eigenvalue weighted by atomic mass is 9.82. The fraction of sp³-hybridized carbons (Fsp3) is 0.385. The fourth-order valence-corrected chi connectivity index (χ4v) is 4.76. The van der Waals surface area contributed by atoms with Crippen molar-refractivity contribution in [2.75, 3.05) is 13.2 Å². The van der Waals surface area contributed by atoms with E-state index in [0.29, 0.717) is 36.2 Å². The van der Waals surface area contributed by atoms with E-state index in [0.717, 1.165) is 43.0 Å². The van der Waals surface area contributed by atoms with Gasteiger partial charge in [-0.2, -0.15) is 5.10 Å². The summed E-state index contributed by atoms with van der Waals surface area (Å²) in [5.41, 5.74) is 3.21. The van der Waals surface area contributed by atoms with Crippen molar-refractivity contribution >= 4 is 5.97 Å². The number of carboxylic acid groups (broad SMARTS) is 1. The molecule has 3 aromatic rings. The molecule has 1 N–H and O–H groups in total. The molecule has 1 saturated carbocycles. The van der Waals surface area contributed by atoms with Gasteiger partial charge in [-0.3, -0.25) is 4.68 Å². The molecule has 0 saturated heterocycles. The second kappa shape index (κ2) is 10.3. The zero-order valence-electron chi connectivity index (χ0n) is 18.6. The molecular weight excluding hydrogens is 426 g/mol. The lowest BCUT2D eigenvalue weighted by Gasteiger charge is -2.28. The van der Waals surface area contributed by atoms with Crippen LogP contribution in [0.5, 0.6) is 0 Å². The van der Waals surface area contributed by atoms with E-state index in [4.69, 9.17) is 14.9 Å². The third-order valence-electron chi connectivity index (χ3n) is 6.37. The van der Waals surface area contributed by atoms with Crippen LogP contribution in [-0.2, 0) is 16.1 Å². The number of rotatable bonds is 8. The Morgan fingerprint density at radius 2 is 1.76 bits per heavy atom. The van der Waals surface area contributed by atoms with Gasteiger partial charge in [-0.15, -0.1) is 0 Å². The zero-order chi connectivity index (χ0) is 23.4. The summed E-state index contributed by atoms with van der Waals surface area (Å²) in [4.78, 5) is 10.6. The van der Waals surface area contributed by atoms with Crippen molar-refractivity contribution in [3.63, 3.8) is 0 Å². The van der Waals surface area contributed by atoms with E-state index in [1.165, 1.54) is 6.07 Å². The van der Waals surface area contributed by atoms with Gasteiger partial charge in [0.1, 0.15) is 6.61 Å². The van der Waals surface area contributed by atoms with Crippen LogP contribution >= 0.6 is 0 Å². The Morgan fingerprint density at radius 3 is 2.45 bits per heavy atom. The van der Waals surface area contributed by atoms with Gasteiger partial charge in [-0.05, 0) is 50.5 Å². The van der Waals surface area contributed by atoms with Crippen LogP contribution in [0.1, 0.15) is 31.4 Å². The maximum Gasteiger partial charge on any atom is 0.329 e. The molecule has 1 heterocycles. The largest absolute Gasteiger partial charge is 0.480 e. The van der Waals surface area contributed by atoms with Crippen molar-refractivity contribution in [2.45, 2.75) is 39.2 Å². The Labute approximate surface area is 192 Å². The molecule has 5 nitrogen and oxygen atoms in total. The fourth-order valence-electron chi connectivity index (χ4n) is 4.76. The SMILES string of the molecule is Cc1nn(C[C@H]2CC[C@H](COCC(=O)O)CC2)c(-c2ccccc2)c1-c1cccc(F)c1F. The molecule has 0 spiro atoms. The molecular formula is C26H28F2N2O3. The summed E-state index contributed by atoms with van der Waals surface area (Å²) in [6, 6.07) is 13.9.